The van der Waals surface area contributed by atoms with Gasteiger partial charge in [-0.05, 0) is 26.2 Å². The van der Waals surface area contributed by atoms with E-state index in [0.717, 1.165) is 6.26 Å². The largest absolute Gasteiger partial charge is 0.481 e. The van der Waals surface area contributed by atoms with Gasteiger partial charge in [0.25, 0.3) is 0 Å². The lowest BCUT2D eigenvalue weighted by molar-refractivity contribution is -0.137. The summed E-state index contributed by atoms with van der Waals surface area (Å²) in [6, 6.07) is 0. The van der Waals surface area contributed by atoms with Gasteiger partial charge in [-0.3, -0.25) is 9.59 Å². The normalized spacial score (nSPS) is 22.3. The predicted molar refractivity (Wildman–Crippen MR) is 124 cm³/mol. The van der Waals surface area contributed by atoms with Crippen LogP contribution in [0, 0.1) is 29.1 Å². The summed E-state index contributed by atoms with van der Waals surface area (Å²) in [5, 5.41) is 33.6. The molecule has 1 rings (SSSR count). The summed E-state index contributed by atoms with van der Waals surface area (Å²) in [6.45, 7) is 5.62. The topological polar surface area (TPSA) is 155 Å². The highest BCUT2D eigenvalue weighted by atomic mass is 32.2. The molecule has 182 valence electrons. The number of primary sulfonamides is 1. The molecule has 0 spiro atoms. The van der Waals surface area contributed by atoms with E-state index in [2.05, 4.69) is 17.0 Å². The van der Waals surface area contributed by atoms with E-state index < -0.39 is 33.6 Å². The van der Waals surface area contributed by atoms with Gasteiger partial charge < -0.3 is 15.3 Å². The number of unbranched alkanes of at least 4 members (excludes halogenated alkanes) is 1. The van der Waals surface area contributed by atoms with E-state index in [0.29, 0.717) is 25.7 Å². The fourth-order valence-electron chi connectivity index (χ4n) is 3.17. The summed E-state index contributed by atoms with van der Waals surface area (Å²) in [7, 11) is -3.17. The number of aliphatic carboxylic acids is 1. The second-order valence-corrected chi connectivity index (χ2v) is 10.3. The SMILES string of the molecule is CC#CCC(C)(C)[C@H](O)/C=C/[C@H]1[C@H](O)CC(=O)[C@@H]1C/C=C\CCCC(=O)O.CS(N)(=O)=O. The number of hydrogen-bond acceptors (Lipinski definition) is 6. The molecule has 1 aliphatic carbocycles. The first kappa shape index (κ1) is 30.0. The number of carboxylic acids is 1. The van der Waals surface area contributed by atoms with Crippen LogP contribution in [-0.4, -0.2) is 54.0 Å². The van der Waals surface area contributed by atoms with Crippen molar-refractivity contribution in [2.75, 3.05) is 6.26 Å². The molecule has 5 N–H and O–H groups in total. The van der Waals surface area contributed by atoms with Crippen LogP contribution < -0.4 is 5.14 Å². The number of aliphatic hydroxyl groups excluding tert-OH is 2. The van der Waals surface area contributed by atoms with Crippen molar-refractivity contribution in [3.05, 3.63) is 24.3 Å². The first-order valence-corrected chi connectivity index (χ1v) is 12.5. The van der Waals surface area contributed by atoms with Crippen LogP contribution >= 0.6 is 0 Å². The molecule has 8 nitrogen and oxygen atoms in total. The molecule has 0 aromatic heterocycles. The summed E-state index contributed by atoms with van der Waals surface area (Å²) in [5.41, 5.74) is -0.410. The van der Waals surface area contributed by atoms with Crippen molar-refractivity contribution in [3.8, 4) is 11.8 Å². The Hall–Kier alpha value is -1.99. The van der Waals surface area contributed by atoms with Crippen molar-refractivity contribution in [1.82, 2.24) is 0 Å². The molecule has 0 unspecified atom stereocenters. The molecule has 9 heteroatoms. The molecule has 0 aromatic rings. The minimum Gasteiger partial charge on any atom is -0.481 e. The average molecular weight is 472 g/mol. The smallest absolute Gasteiger partial charge is 0.303 e. The number of allylic oxidation sites excluding steroid dienone is 2. The molecule has 0 amide bonds. The lowest BCUT2D eigenvalue weighted by atomic mass is 9.82. The Morgan fingerprint density at radius 3 is 2.47 bits per heavy atom. The highest BCUT2D eigenvalue weighted by Crippen LogP contribution is 2.34. The van der Waals surface area contributed by atoms with E-state index in [4.69, 9.17) is 5.11 Å². The number of Topliss-reactive ketones (excluding diaryl/α,β-unsaturated/α-hetero) is 1. The molecular weight excluding hydrogens is 434 g/mol. The summed E-state index contributed by atoms with van der Waals surface area (Å²) in [6.07, 6.45) is 9.27. The number of aliphatic hydroxyl groups is 2. The molecule has 1 aliphatic rings. The van der Waals surface area contributed by atoms with E-state index in [-0.39, 0.29) is 30.5 Å². The lowest BCUT2D eigenvalue weighted by Gasteiger charge is -2.27. The summed E-state index contributed by atoms with van der Waals surface area (Å²) in [4.78, 5) is 22.7. The van der Waals surface area contributed by atoms with E-state index >= 15 is 0 Å². The predicted octanol–water partition coefficient (Wildman–Crippen LogP) is 2.02. The molecule has 4 atom stereocenters. The summed E-state index contributed by atoms with van der Waals surface area (Å²) in [5.74, 6) is 4.40. The monoisotopic (exact) mass is 471 g/mol. The summed E-state index contributed by atoms with van der Waals surface area (Å²) < 4.78 is 18.8. The van der Waals surface area contributed by atoms with E-state index in [1.54, 1.807) is 19.1 Å². The van der Waals surface area contributed by atoms with Gasteiger partial charge in [-0.2, -0.15) is 0 Å². The number of sulfonamides is 1. The molecular formula is C23H37NO7S. The highest BCUT2D eigenvalue weighted by Gasteiger charge is 2.39. The van der Waals surface area contributed by atoms with Gasteiger partial charge in [0.2, 0.25) is 10.0 Å². The number of ketones is 1. The Labute approximate surface area is 191 Å². The number of rotatable bonds is 10. The number of carboxylic acid groups (broad SMARTS) is 1. The van der Waals surface area contributed by atoms with E-state index in [1.165, 1.54) is 0 Å². The Bertz CT molecular complexity index is 826. The van der Waals surface area contributed by atoms with Crippen LogP contribution in [-0.2, 0) is 19.6 Å². The van der Waals surface area contributed by atoms with Crippen LogP contribution in [0.25, 0.3) is 0 Å². The Kier molecular flexibility index (Phi) is 13.3. The van der Waals surface area contributed by atoms with Crippen molar-refractivity contribution in [2.24, 2.45) is 22.4 Å². The maximum absolute atomic E-state index is 12.2. The van der Waals surface area contributed by atoms with Crippen LogP contribution in [0.1, 0.15) is 59.3 Å². The average Bonchev–Trinajstić information content (AvgIpc) is 2.91. The van der Waals surface area contributed by atoms with Gasteiger partial charge in [0.15, 0.2) is 0 Å². The van der Waals surface area contributed by atoms with Crippen LogP contribution in [0.5, 0.6) is 0 Å². The zero-order chi connectivity index (χ0) is 24.9. The third-order valence-electron chi connectivity index (χ3n) is 5.09. The standard InChI is InChI=1S/C22H32O5.CH5NO2S/c1-4-5-14-22(2,3)20(25)13-12-17-16(18(23)15-19(17)24)10-8-6-7-9-11-21(26)27;1-5(2,3)4/h6,8,12-13,16-17,19-20,24-25H,7,9-11,14-15H2,1-3H3,(H,26,27);1H3,(H2,2,3,4)/b8-6-,13-12+;/t16-,17-,19-,20-;/m1./s1. The van der Waals surface area contributed by atoms with Crippen molar-refractivity contribution < 1.29 is 33.3 Å². The minimum atomic E-state index is -3.17. The molecule has 0 bridgehead atoms. The molecule has 32 heavy (non-hydrogen) atoms. The summed E-state index contributed by atoms with van der Waals surface area (Å²) >= 11 is 0. The van der Waals surface area contributed by atoms with Gasteiger partial charge in [-0.25, -0.2) is 13.6 Å². The van der Waals surface area contributed by atoms with Crippen molar-refractivity contribution in [2.45, 2.75) is 71.5 Å². The van der Waals surface area contributed by atoms with Gasteiger partial charge in [-0.1, -0.05) is 38.2 Å². The quantitative estimate of drug-likeness (QED) is 0.216. The number of carbonyl (C=O) groups excluding carboxylic acids is 1. The second kappa shape index (κ2) is 14.2. The Balaban J connectivity index is 0.00000172. The molecule has 0 saturated heterocycles. The van der Waals surface area contributed by atoms with E-state index in [9.17, 15) is 28.2 Å². The first-order valence-electron chi connectivity index (χ1n) is 10.5. The number of hydrogen-bond donors (Lipinski definition) is 4. The molecule has 1 saturated carbocycles. The Morgan fingerprint density at radius 2 is 1.94 bits per heavy atom. The van der Waals surface area contributed by atoms with Gasteiger partial charge in [0.1, 0.15) is 5.78 Å². The fourth-order valence-corrected chi connectivity index (χ4v) is 3.17. The minimum absolute atomic E-state index is 0.0259. The van der Waals surface area contributed by atoms with Gasteiger partial charge in [0, 0.05) is 36.5 Å². The molecule has 0 aromatic carbocycles. The Morgan fingerprint density at radius 1 is 1.34 bits per heavy atom. The lowest BCUT2D eigenvalue weighted by Crippen LogP contribution is -2.28. The molecule has 1 fully saturated rings. The maximum atomic E-state index is 12.2. The maximum Gasteiger partial charge on any atom is 0.303 e. The first-order chi connectivity index (χ1) is 14.7. The van der Waals surface area contributed by atoms with Gasteiger partial charge >= 0.3 is 5.97 Å². The van der Waals surface area contributed by atoms with Gasteiger partial charge in [-0.15, -0.1) is 11.8 Å². The van der Waals surface area contributed by atoms with Crippen LogP contribution in [0.4, 0.5) is 0 Å². The van der Waals surface area contributed by atoms with Crippen molar-refractivity contribution in [1.29, 1.82) is 0 Å². The molecule has 0 radical (unpaired) electrons. The second-order valence-electron chi connectivity index (χ2n) is 8.67. The zero-order valence-corrected chi connectivity index (χ0v) is 20.1. The van der Waals surface area contributed by atoms with Crippen LogP contribution in [0.3, 0.4) is 0 Å². The van der Waals surface area contributed by atoms with Gasteiger partial charge in [0.05, 0.1) is 18.5 Å². The fraction of sp³-hybridized carbons (Fsp3) is 0.652. The number of nitrogens with two attached hydrogens (primary N) is 1. The van der Waals surface area contributed by atoms with Crippen LogP contribution in [0.15, 0.2) is 24.3 Å². The molecule has 0 heterocycles. The van der Waals surface area contributed by atoms with Crippen LogP contribution in [0.2, 0.25) is 0 Å². The highest BCUT2D eigenvalue weighted by molar-refractivity contribution is 7.88. The third kappa shape index (κ3) is 13.4. The van der Waals surface area contributed by atoms with Crippen molar-refractivity contribution in [3.63, 3.8) is 0 Å². The zero-order valence-electron chi connectivity index (χ0n) is 19.3. The van der Waals surface area contributed by atoms with Crippen molar-refractivity contribution >= 4 is 21.8 Å². The molecule has 0 aliphatic heterocycles. The number of carbonyl (C=O) groups is 2. The third-order valence-corrected chi connectivity index (χ3v) is 5.09. The van der Waals surface area contributed by atoms with E-state index in [1.807, 2.05) is 26.0 Å².